The standard InChI is InChI=1S/C15H19NO5/c1-16(7-3-4-14(17)19-2)15(18)11-5-6-12-13(10-11)21-9-8-20-12/h5-6,10H,3-4,7-9H2,1-2H3. The normalized spacial score (nSPS) is 12.7. The molecule has 1 aromatic carbocycles. The number of fused-ring (bicyclic) bond motifs is 1. The molecule has 0 N–H and O–H groups in total. The molecule has 0 bridgehead atoms. The van der Waals surface area contributed by atoms with Crippen LogP contribution in [0.2, 0.25) is 0 Å². The highest BCUT2D eigenvalue weighted by molar-refractivity contribution is 5.94. The Morgan fingerprint density at radius 2 is 1.95 bits per heavy atom. The van der Waals surface area contributed by atoms with Crippen molar-refractivity contribution in [2.24, 2.45) is 0 Å². The van der Waals surface area contributed by atoms with Gasteiger partial charge in [0.25, 0.3) is 5.91 Å². The number of carbonyl (C=O) groups is 2. The monoisotopic (exact) mass is 293 g/mol. The summed E-state index contributed by atoms with van der Waals surface area (Å²) in [7, 11) is 3.06. The summed E-state index contributed by atoms with van der Waals surface area (Å²) in [4.78, 5) is 24.9. The second-order valence-electron chi connectivity index (χ2n) is 4.76. The van der Waals surface area contributed by atoms with E-state index in [9.17, 15) is 9.59 Å². The first-order valence-electron chi connectivity index (χ1n) is 6.83. The third kappa shape index (κ3) is 3.87. The highest BCUT2D eigenvalue weighted by atomic mass is 16.6. The van der Waals surface area contributed by atoms with Crippen LogP contribution >= 0.6 is 0 Å². The first-order valence-corrected chi connectivity index (χ1v) is 6.83. The second-order valence-corrected chi connectivity index (χ2v) is 4.76. The van der Waals surface area contributed by atoms with E-state index in [2.05, 4.69) is 4.74 Å². The number of amides is 1. The molecule has 6 nitrogen and oxygen atoms in total. The molecule has 1 aliphatic heterocycles. The number of hydrogen-bond donors (Lipinski definition) is 0. The second kappa shape index (κ2) is 6.97. The molecular weight excluding hydrogens is 274 g/mol. The van der Waals surface area contributed by atoms with E-state index in [0.717, 1.165) is 0 Å². The Balaban J connectivity index is 1.94. The average molecular weight is 293 g/mol. The predicted molar refractivity (Wildman–Crippen MR) is 75.6 cm³/mol. The summed E-state index contributed by atoms with van der Waals surface area (Å²) in [5.41, 5.74) is 0.541. The molecule has 0 aromatic heterocycles. The van der Waals surface area contributed by atoms with Crippen LogP contribution < -0.4 is 9.47 Å². The molecule has 0 atom stereocenters. The van der Waals surface area contributed by atoms with E-state index < -0.39 is 0 Å². The van der Waals surface area contributed by atoms with Gasteiger partial charge in [-0.2, -0.15) is 0 Å². The molecule has 1 aliphatic rings. The van der Waals surface area contributed by atoms with Crippen molar-refractivity contribution in [3.05, 3.63) is 23.8 Å². The summed E-state index contributed by atoms with van der Waals surface area (Å²) < 4.78 is 15.5. The number of nitrogens with zero attached hydrogens (tertiary/aromatic N) is 1. The maximum atomic E-state index is 12.3. The van der Waals surface area contributed by atoms with Gasteiger partial charge in [0.2, 0.25) is 0 Å². The summed E-state index contributed by atoms with van der Waals surface area (Å²) in [6, 6.07) is 5.14. The van der Waals surface area contributed by atoms with E-state index in [4.69, 9.17) is 9.47 Å². The summed E-state index contributed by atoms with van der Waals surface area (Å²) >= 11 is 0. The number of rotatable bonds is 5. The minimum Gasteiger partial charge on any atom is -0.486 e. The molecule has 2 rings (SSSR count). The van der Waals surface area contributed by atoms with Gasteiger partial charge in [-0.25, -0.2) is 0 Å². The molecule has 0 saturated carbocycles. The summed E-state index contributed by atoms with van der Waals surface area (Å²) in [6.45, 7) is 1.50. The zero-order valence-electron chi connectivity index (χ0n) is 12.3. The van der Waals surface area contributed by atoms with Crippen LogP contribution in [0.1, 0.15) is 23.2 Å². The molecule has 0 spiro atoms. The molecule has 0 saturated heterocycles. The Bertz CT molecular complexity index is 529. The van der Waals surface area contributed by atoms with Gasteiger partial charge in [0, 0.05) is 25.6 Å². The van der Waals surface area contributed by atoms with Crippen molar-refractivity contribution in [3.63, 3.8) is 0 Å². The average Bonchev–Trinajstić information content (AvgIpc) is 2.53. The highest BCUT2D eigenvalue weighted by Crippen LogP contribution is 2.31. The quantitative estimate of drug-likeness (QED) is 0.769. The van der Waals surface area contributed by atoms with Crippen LogP contribution in [0.25, 0.3) is 0 Å². The zero-order chi connectivity index (χ0) is 15.2. The van der Waals surface area contributed by atoms with Crippen LogP contribution in [-0.2, 0) is 9.53 Å². The lowest BCUT2D eigenvalue weighted by atomic mass is 10.1. The van der Waals surface area contributed by atoms with Crippen molar-refractivity contribution in [2.75, 3.05) is 33.9 Å². The van der Waals surface area contributed by atoms with Crippen molar-refractivity contribution in [1.29, 1.82) is 0 Å². The van der Waals surface area contributed by atoms with Crippen molar-refractivity contribution >= 4 is 11.9 Å². The van der Waals surface area contributed by atoms with E-state index >= 15 is 0 Å². The third-order valence-electron chi connectivity index (χ3n) is 3.24. The van der Waals surface area contributed by atoms with Gasteiger partial charge in [-0.3, -0.25) is 9.59 Å². The zero-order valence-corrected chi connectivity index (χ0v) is 12.3. The Morgan fingerprint density at radius 3 is 2.67 bits per heavy atom. The molecule has 1 aromatic rings. The summed E-state index contributed by atoms with van der Waals surface area (Å²) in [5, 5.41) is 0. The maximum Gasteiger partial charge on any atom is 0.305 e. The van der Waals surface area contributed by atoms with Crippen molar-refractivity contribution < 1.29 is 23.8 Å². The van der Waals surface area contributed by atoms with Gasteiger partial charge in [-0.05, 0) is 24.6 Å². The van der Waals surface area contributed by atoms with Crippen LogP contribution in [0.4, 0.5) is 0 Å². The van der Waals surface area contributed by atoms with Crippen molar-refractivity contribution in [3.8, 4) is 11.5 Å². The summed E-state index contributed by atoms with van der Waals surface area (Å²) in [6.07, 6.45) is 0.870. The number of ether oxygens (including phenoxy) is 3. The van der Waals surface area contributed by atoms with Crippen LogP contribution in [0, 0.1) is 0 Å². The van der Waals surface area contributed by atoms with Crippen LogP contribution in [0.3, 0.4) is 0 Å². The fourth-order valence-electron chi connectivity index (χ4n) is 2.06. The molecule has 1 amide bonds. The first-order chi connectivity index (χ1) is 10.1. The van der Waals surface area contributed by atoms with Gasteiger partial charge in [-0.1, -0.05) is 0 Å². The fourth-order valence-corrected chi connectivity index (χ4v) is 2.06. The summed E-state index contributed by atoms with van der Waals surface area (Å²) in [5.74, 6) is 0.869. The Hall–Kier alpha value is -2.24. The topological polar surface area (TPSA) is 65.1 Å². The van der Waals surface area contributed by atoms with Gasteiger partial charge < -0.3 is 19.1 Å². The van der Waals surface area contributed by atoms with Gasteiger partial charge in [0.05, 0.1) is 7.11 Å². The smallest absolute Gasteiger partial charge is 0.305 e. The number of benzene rings is 1. The van der Waals surface area contributed by atoms with E-state index in [0.29, 0.717) is 49.7 Å². The third-order valence-corrected chi connectivity index (χ3v) is 3.24. The molecule has 1 heterocycles. The van der Waals surface area contributed by atoms with Gasteiger partial charge >= 0.3 is 5.97 Å². The molecule has 6 heteroatoms. The number of hydrogen-bond acceptors (Lipinski definition) is 5. The number of esters is 1. The van der Waals surface area contributed by atoms with Crippen molar-refractivity contribution in [1.82, 2.24) is 4.90 Å². The predicted octanol–water partition coefficient (Wildman–Crippen LogP) is 1.48. The van der Waals surface area contributed by atoms with E-state index in [1.807, 2.05) is 0 Å². The molecule has 0 fully saturated rings. The van der Waals surface area contributed by atoms with Crippen LogP contribution in [0.5, 0.6) is 11.5 Å². The van der Waals surface area contributed by atoms with Crippen LogP contribution in [-0.4, -0.2) is 50.7 Å². The Labute approximate surface area is 123 Å². The van der Waals surface area contributed by atoms with E-state index in [1.165, 1.54) is 7.11 Å². The Morgan fingerprint density at radius 1 is 1.24 bits per heavy atom. The first kappa shape index (κ1) is 15.2. The van der Waals surface area contributed by atoms with Gasteiger partial charge in [0.15, 0.2) is 11.5 Å². The van der Waals surface area contributed by atoms with Crippen LogP contribution in [0.15, 0.2) is 18.2 Å². The van der Waals surface area contributed by atoms with Gasteiger partial charge in [-0.15, -0.1) is 0 Å². The lowest BCUT2D eigenvalue weighted by Gasteiger charge is -2.21. The lowest BCUT2D eigenvalue weighted by molar-refractivity contribution is -0.140. The fraction of sp³-hybridized carbons (Fsp3) is 0.467. The molecular formula is C15H19NO5. The van der Waals surface area contributed by atoms with Gasteiger partial charge in [0.1, 0.15) is 13.2 Å². The largest absolute Gasteiger partial charge is 0.486 e. The van der Waals surface area contributed by atoms with E-state index in [-0.39, 0.29) is 11.9 Å². The minimum atomic E-state index is -0.268. The molecule has 0 unspecified atom stereocenters. The minimum absolute atomic E-state index is 0.114. The highest BCUT2D eigenvalue weighted by Gasteiger charge is 2.17. The Kier molecular flexibility index (Phi) is 5.03. The molecule has 0 radical (unpaired) electrons. The molecule has 21 heavy (non-hydrogen) atoms. The maximum absolute atomic E-state index is 12.3. The number of carbonyl (C=O) groups excluding carboxylic acids is 2. The SMILES string of the molecule is COC(=O)CCCN(C)C(=O)c1ccc2c(c1)OCCO2. The lowest BCUT2D eigenvalue weighted by Crippen LogP contribution is -2.28. The van der Waals surface area contributed by atoms with E-state index in [1.54, 1.807) is 30.1 Å². The van der Waals surface area contributed by atoms with Crippen molar-refractivity contribution in [2.45, 2.75) is 12.8 Å². The number of methoxy groups -OCH3 is 1. The molecule has 114 valence electrons. The molecule has 0 aliphatic carbocycles.